The molecule has 3 rings (SSSR count). The van der Waals surface area contributed by atoms with Gasteiger partial charge in [-0.05, 0) is 110 Å². The Morgan fingerprint density at radius 2 is 1.42 bits per heavy atom. The van der Waals surface area contributed by atoms with Gasteiger partial charge in [-0.15, -0.1) is 0 Å². The Balaban J connectivity index is 1.71. The number of hydrogen-bond donors (Lipinski definition) is 0. The van der Waals surface area contributed by atoms with E-state index in [2.05, 4.69) is 109 Å². The van der Waals surface area contributed by atoms with E-state index in [0.717, 1.165) is 50.7 Å². The summed E-state index contributed by atoms with van der Waals surface area (Å²) < 4.78 is 52.4. The van der Waals surface area contributed by atoms with Crippen molar-refractivity contribution in [2.24, 2.45) is 11.8 Å². The van der Waals surface area contributed by atoms with Crippen molar-refractivity contribution in [1.29, 1.82) is 0 Å². The van der Waals surface area contributed by atoms with Crippen LogP contribution in [0.1, 0.15) is 127 Å². The number of methoxy groups -OCH3 is 2. The summed E-state index contributed by atoms with van der Waals surface area (Å²) in [5.74, 6) is -0.174. The Morgan fingerprint density at radius 3 is 1.98 bits per heavy atom. The summed E-state index contributed by atoms with van der Waals surface area (Å²) in [5, 5.41) is 0.102. The average molecular weight is 883 g/mol. The predicted octanol–water partition coefficient (Wildman–Crippen LogP) is 11.8. The Kier molecular flexibility index (Phi) is 19.9. The summed E-state index contributed by atoms with van der Waals surface area (Å²) in [4.78, 5) is 12.9. The largest absolute Gasteiger partial charge is 0.469 e. The monoisotopic (exact) mass is 883 g/mol. The van der Waals surface area contributed by atoms with Crippen molar-refractivity contribution in [1.82, 2.24) is 0 Å². The third-order valence-corrected chi connectivity index (χ3v) is 29.0. The van der Waals surface area contributed by atoms with E-state index in [1.165, 1.54) is 30.8 Å². The van der Waals surface area contributed by atoms with Crippen molar-refractivity contribution in [2.75, 3.05) is 27.4 Å². The van der Waals surface area contributed by atoms with Gasteiger partial charge in [0.1, 0.15) is 0 Å². The van der Waals surface area contributed by atoms with E-state index < -0.39 is 25.0 Å². The zero-order valence-electron chi connectivity index (χ0n) is 40.8. The third kappa shape index (κ3) is 14.4. The molecule has 4 unspecified atom stereocenters. The predicted molar refractivity (Wildman–Crippen MR) is 250 cm³/mol. The van der Waals surface area contributed by atoms with Crippen LogP contribution in [0.2, 0.25) is 54.4 Å². The quantitative estimate of drug-likeness (QED) is 0.0431. The molecule has 0 bridgehead atoms. The van der Waals surface area contributed by atoms with Gasteiger partial charge < -0.3 is 37.0 Å². The van der Waals surface area contributed by atoms with Crippen LogP contribution in [0.15, 0.2) is 24.3 Å². The van der Waals surface area contributed by atoms with E-state index in [-0.39, 0.29) is 77.2 Å². The molecule has 10 atom stereocenters. The van der Waals surface area contributed by atoms with Crippen molar-refractivity contribution in [3.05, 3.63) is 24.3 Å². The molecule has 344 valence electrons. The molecule has 3 aliphatic heterocycles. The van der Waals surface area contributed by atoms with Crippen molar-refractivity contribution in [3.8, 4) is 0 Å². The minimum absolute atomic E-state index is 0.0293. The maximum absolute atomic E-state index is 12.9. The molecule has 12 heteroatoms. The van der Waals surface area contributed by atoms with Crippen LogP contribution < -0.4 is 0 Å². The van der Waals surface area contributed by atoms with Gasteiger partial charge in [0, 0.05) is 32.5 Å². The van der Waals surface area contributed by atoms with Gasteiger partial charge >= 0.3 is 5.97 Å². The first-order valence-corrected chi connectivity index (χ1v) is 31.6. The van der Waals surface area contributed by atoms with Crippen LogP contribution in [0.5, 0.6) is 0 Å². The summed E-state index contributed by atoms with van der Waals surface area (Å²) in [5.41, 5.74) is 2.29. The molecule has 0 radical (unpaired) electrons. The SMILES string of the molecule is C=C1CC(CCCO[Si](CC)(CC)CC)OC1CCC1CC(C)C(=C)[C@@H](C[C@@H]2O[C@H](C[C@@H](CO[Si](C)(C)C(C)(C)C)O[Si](C)(C)C(C)(C)C)[C@H](OC)[C@H]2CC(=O)OC)O1. The van der Waals surface area contributed by atoms with Crippen LogP contribution in [0.4, 0.5) is 0 Å². The number of ether oxygens (including phenoxy) is 5. The van der Waals surface area contributed by atoms with Crippen molar-refractivity contribution >= 4 is 30.9 Å². The highest BCUT2D eigenvalue weighted by Crippen LogP contribution is 2.44. The van der Waals surface area contributed by atoms with Crippen LogP contribution in [-0.2, 0) is 41.8 Å². The fourth-order valence-corrected chi connectivity index (χ4v) is 13.8. The molecule has 0 saturated carbocycles. The lowest BCUT2D eigenvalue weighted by Gasteiger charge is -2.42. The van der Waals surface area contributed by atoms with Gasteiger partial charge in [0.2, 0.25) is 0 Å². The van der Waals surface area contributed by atoms with E-state index in [0.29, 0.717) is 25.4 Å². The molecular weight excluding hydrogens is 793 g/mol. The molecule has 0 aromatic rings. The van der Waals surface area contributed by atoms with Crippen LogP contribution in [0, 0.1) is 11.8 Å². The first-order chi connectivity index (χ1) is 27.4. The molecule has 3 aliphatic rings. The summed E-state index contributed by atoms with van der Waals surface area (Å²) >= 11 is 0. The maximum atomic E-state index is 12.9. The molecule has 9 nitrogen and oxygen atoms in total. The number of rotatable bonds is 23. The highest BCUT2D eigenvalue weighted by atomic mass is 28.4. The third-order valence-electron chi connectivity index (χ3n) is 15.2. The summed E-state index contributed by atoms with van der Waals surface area (Å²) in [6.07, 6.45) is 6.18. The number of carbonyl (C=O) groups excluding carboxylic acids is 1. The topological polar surface area (TPSA) is 90.9 Å². The van der Waals surface area contributed by atoms with E-state index in [4.69, 9.17) is 37.0 Å². The Bertz CT molecular complexity index is 1330. The maximum Gasteiger partial charge on any atom is 0.305 e. The second-order valence-electron chi connectivity index (χ2n) is 21.3. The zero-order valence-corrected chi connectivity index (χ0v) is 43.8. The number of hydrogen-bond acceptors (Lipinski definition) is 9. The molecule has 3 saturated heterocycles. The smallest absolute Gasteiger partial charge is 0.305 e. The lowest BCUT2D eigenvalue weighted by Crippen LogP contribution is -2.49. The van der Waals surface area contributed by atoms with E-state index in [1.54, 1.807) is 7.11 Å². The summed E-state index contributed by atoms with van der Waals surface area (Å²) in [6.45, 7) is 42.2. The van der Waals surface area contributed by atoms with Crippen LogP contribution in [0.3, 0.4) is 0 Å². The second kappa shape index (κ2) is 22.3. The van der Waals surface area contributed by atoms with Gasteiger partial charge in [-0.3, -0.25) is 4.79 Å². The molecule has 0 aliphatic carbocycles. The highest BCUT2D eigenvalue weighted by molar-refractivity contribution is 6.75. The van der Waals surface area contributed by atoms with Gasteiger partial charge in [0.25, 0.3) is 0 Å². The molecule has 0 spiro atoms. The number of carbonyl (C=O) groups is 1. The fourth-order valence-electron chi connectivity index (χ4n) is 8.76. The first kappa shape index (κ1) is 52.7. The number of esters is 1. The van der Waals surface area contributed by atoms with Gasteiger partial charge in [0.15, 0.2) is 25.0 Å². The van der Waals surface area contributed by atoms with E-state index >= 15 is 0 Å². The van der Waals surface area contributed by atoms with Crippen molar-refractivity contribution < 1.29 is 41.8 Å². The second-order valence-corrected chi connectivity index (χ2v) is 35.6. The minimum Gasteiger partial charge on any atom is -0.469 e. The highest BCUT2D eigenvalue weighted by Gasteiger charge is 2.50. The molecule has 0 aromatic heterocycles. The molecule has 59 heavy (non-hydrogen) atoms. The Labute approximate surface area is 365 Å². The van der Waals surface area contributed by atoms with E-state index in [1.807, 2.05) is 0 Å². The lowest BCUT2D eigenvalue weighted by atomic mass is 9.82. The van der Waals surface area contributed by atoms with Gasteiger partial charge in [-0.1, -0.05) is 82.4 Å². The Hall–Kier alpha value is -0.679. The molecule has 3 heterocycles. The standard InChI is InChI=1S/C47H90O9Si3/c1-19-59(20-2,21-3)51-26-22-23-36-28-34(5)40(53-36)25-24-37-27-33(4)35(6)41(54-37)31-42-39(30-44(48)49-13)45(50-14)43(55-42)29-38(56-58(17,18)47(10,11)12)32-52-57(15,16)46(7,8)9/h33,36-43,45H,5-6,19-32H2,1-4,7-18H3/t33?,36?,37?,38-,39-,40?,41+,42-,43+,45+/m0/s1. The summed E-state index contributed by atoms with van der Waals surface area (Å²) in [7, 11) is -2.61. The summed E-state index contributed by atoms with van der Waals surface area (Å²) in [6, 6.07) is 3.56. The average Bonchev–Trinajstić information content (AvgIpc) is 3.67. The van der Waals surface area contributed by atoms with Crippen LogP contribution >= 0.6 is 0 Å². The molecule has 3 fully saturated rings. The lowest BCUT2D eigenvalue weighted by molar-refractivity contribution is -0.143. The van der Waals surface area contributed by atoms with Gasteiger partial charge in [0.05, 0.1) is 69.0 Å². The van der Waals surface area contributed by atoms with Crippen LogP contribution in [0.25, 0.3) is 0 Å². The Morgan fingerprint density at radius 1 is 0.814 bits per heavy atom. The minimum atomic E-state index is -2.17. The first-order valence-electron chi connectivity index (χ1n) is 23.2. The molecular formula is C47H90O9Si3. The molecule has 0 N–H and O–H groups in total. The van der Waals surface area contributed by atoms with E-state index in [9.17, 15) is 4.79 Å². The van der Waals surface area contributed by atoms with Gasteiger partial charge in [-0.2, -0.15) is 0 Å². The molecule has 0 amide bonds. The van der Waals surface area contributed by atoms with Crippen molar-refractivity contribution in [2.45, 2.75) is 230 Å². The van der Waals surface area contributed by atoms with Gasteiger partial charge in [-0.25, -0.2) is 0 Å². The normalized spacial score (nSPS) is 29.3. The zero-order chi connectivity index (χ0) is 44.6. The van der Waals surface area contributed by atoms with Crippen LogP contribution in [-0.4, -0.2) is 107 Å². The fraction of sp³-hybridized carbons (Fsp3) is 0.894. The van der Waals surface area contributed by atoms with Crippen molar-refractivity contribution in [3.63, 3.8) is 0 Å². The molecule has 0 aromatic carbocycles.